The summed E-state index contributed by atoms with van der Waals surface area (Å²) in [5.41, 5.74) is 1.66. The standard InChI is InChI=1S/C31H39Cl2N3O4/c1-30(2)21-13-19(14-22(21)30)35(16-25(37)26-23(32)5-4-6-24(26)33)28(38)20-15-34-36(27(20)17-7-8-17)18-9-11-31(3,12-10-18)29(39)40/h4-6,15,17-19,21-22,25,37H,7-14,16H2,1-3H3,(H,39,40)/t18?,19?,21-,22+,25-,31?/m1/s1. The topological polar surface area (TPSA) is 95.7 Å². The number of aliphatic hydroxyl groups excluding tert-OH is 1. The Morgan fingerprint density at radius 1 is 1.07 bits per heavy atom. The highest BCUT2D eigenvalue weighted by Crippen LogP contribution is 2.67. The van der Waals surface area contributed by atoms with Crippen LogP contribution in [0.2, 0.25) is 10.0 Å². The Bertz CT molecular complexity index is 1290. The van der Waals surface area contributed by atoms with Crippen molar-refractivity contribution in [1.82, 2.24) is 14.7 Å². The van der Waals surface area contributed by atoms with E-state index >= 15 is 0 Å². The van der Waals surface area contributed by atoms with Crippen molar-refractivity contribution in [3.63, 3.8) is 0 Å². The van der Waals surface area contributed by atoms with E-state index in [2.05, 4.69) is 13.8 Å². The van der Waals surface area contributed by atoms with Crippen LogP contribution in [0.3, 0.4) is 0 Å². The fraction of sp³-hybridized carbons (Fsp3) is 0.645. The molecule has 4 saturated carbocycles. The van der Waals surface area contributed by atoms with Gasteiger partial charge in [0.05, 0.1) is 41.6 Å². The largest absolute Gasteiger partial charge is 0.481 e. The average molecular weight is 589 g/mol. The van der Waals surface area contributed by atoms with Gasteiger partial charge in [-0.2, -0.15) is 5.10 Å². The number of fused-ring (bicyclic) bond motifs is 1. The number of carboxylic acids is 1. The first kappa shape index (κ1) is 28.0. The summed E-state index contributed by atoms with van der Waals surface area (Å²) in [5.74, 6) is 0.631. The summed E-state index contributed by atoms with van der Waals surface area (Å²) in [5, 5.41) is 26.6. The average Bonchev–Trinajstić information content (AvgIpc) is 3.66. The summed E-state index contributed by atoms with van der Waals surface area (Å²) in [6.07, 6.45) is 7.24. The second-order valence-electron chi connectivity index (χ2n) is 13.5. The number of nitrogens with zero attached hydrogens (tertiary/aromatic N) is 3. The molecule has 0 saturated heterocycles. The van der Waals surface area contributed by atoms with Crippen molar-refractivity contribution in [1.29, 1.82) is 0 Å². The molecule has 1 aromatic heterocycles. The predicted octanol–water partition coefficient (Wildman–Crippen LogP) is 6.88. The number of carboxylic acid groups (broad SMARTS) is 1. The summed E-state index contributed by atoms with van der Waals surface area (Å²) in [6, 6.07) is 5.29. The molecule has 1 aromatic carbocycles. The number of carbonyl (C=O) groups is 2. The van der Waals surface area contributed by atoms with Crippen LogP contribution in [0.4, 0.5) is 0 Å². The molecule has 0 aliphatic heterocycles. The van der Waals surface area contributed by atoms with Crippen LogP contribution in [0.5, 0.6) is 0 Å². The molecule has 1 amide bonds. The molecule has 216 valence electrons. The number of halogens is 2. The number of carbonyl (C=O) groups excluding carboxylic acids is 1. The third-order valence-corrected chi connectivity index (χ3v) is 11.4. The summed E-state index contributed by atoms with van der Waals surface area (Å²) in [7, 11) is 0. The number of amides is 1. The van der Waals surface area contributed by atoms with Gasteiger partial charge in [-0.1, -0.05) is 43.1 Å². The third-order valence-electron chi connectivity index (χ3n) is 10.7. The molecular formula is C31H39Cl2N3O4. The molecule has 2 N–H and O–H groups in total. The van der Waals surface area contributed by atoms with Gasteiger partial charge < -0.3 is 15.1 Å². The second kappa shape index (κ2) is 10.0. The van der Waals surface area contributed by atoms with Crippen LogP contribution in [0.15, 0.2) is 24.4 Å². The number of benzene rings is 1. The van der Waals surface area contributed by atoms with E-state index in [0.717, 1.165) is 44.2 Å². The Labute approximate surface area is 245 Å². The van der Waals surface area contributed by atoms with E-state index < -0.39 is 17.5 Å². The maximum Gasteiger partial charge on any atom is 0.309 e. The van der Waals surface area contributed by atoms with Crippen LogP contribution in [0, 0.1) is 22.7 Å². The van der Waals surface area contributed by atoms with Crippen molar-refractivity contribution in [2.75, 3.05) is 6.54 Å². The van der Waals surface area contributed by atoms with E-state index in [1.807, 2.05) is 16.5 Å². The number of hydrogen-bond acceptors (Lipinski definition) is 4. The molecule has 7 nitrogen and oxygen atoms in total. The number of aliphatic carboxylic acids is 1. The van der Waals surface area contributed by atoms with E-state index in [9.17, 15) is 19.8 Å². The van der Waals surface area contributed by atoms with Gasteiger partial charge in [-0.3, -0.25) is 14.3 Å². The molecule has 0 spiro atoms. The number of aromatic nitrogens is 2. The molecule has 1 heterocycles. The van der Waals surface area contributed by atoms with Crippen LogP contribution in [-0.2, 0) is 4.79 Å². The maximum absolute atomic E-state index is 14.4. The smallest absolute Gasteiger partial charge is 0.309 e. The molecule has 4 aliphatic rings. The Morgan fingerprint density at radius 3 is 2.23 bits per heavy atom. The van der Waals surface area contributed by atoms with Crippen molar-refractivity contribution in [3.05, 3.63) is 51.3 Å². The first-order chi connectivity index (χ1) is 18.9. The minimum Gasteiger partial charge on any atom is -0.481 e. The number of aliphatic hydroxyl groups is 1. The van der Waals surface area contributed by atoms with Gasteiger partial charge >= 0.3 is 5.97 Å². The van der Waals surface area contributed by atoms with E-state index in [1.165, 1.54) is 0 Å². The number of hydrogen-bond donors (Lipinski definition) is 2. The van der Waals surface area contributed by atoms with Crippen molar-refractivity contribution < 1.29 is 19.8 Å². The maximum atomic E-state index is 14.4. The Balaban J connectivity index is 1.29. The van der Waals surface area contributed by atoms with Gasteiger partial charge in [-0.15, -0.1) is 0 Å². The molecule has 0 radical (unpaired) electrons. The summed E-state index contributed by atoms with van der Waals surface area (Å²) >= 11 is 12.9. The van der Waals surface area contributed by atoms with Gasteiger partial charge in [0, 0.05) is 27.6 Å². The van der Waals surface area contributed by atoms with Crippen LogP contribution in [0.25, 0.3) is 0 Å². The van der Waals surface area contributed by atoms with Gasteiger partial charge in [0.1, 0.15) is 0 Å². The summed E-state index contributed by atoms with van der Waals surface area (Å²) in [6.45, 7) is 6.55. The lowest BCUT2D eigenvalue weighted by molar-refractivity contribution is -0.150. The zero-order valence-electron chi connectivity index (χ0n) is 23.4. The minimum absolute atomic E-state index is 0.0350. The Morgan fingerprint density at radius 2 is 1.68 bits per heavy atom. The van der Waals surface area contributed by atoms with Crippen LogP contribution < -0.4 is 0 Å². The van der Waals surface area contributed by atoms with Gasteiger partial charge in [0.15, 0.2) is 0 Å². The normalized spacial score (nSPS) is 31.4. The first-order valence-corrected chi connectivity index (χ1v) is 15.4. The lowest BCUT2D eigenvalue weighted by atomic mass is 9.74. The van der Waals surface area contributed by atoms with Gasteiger partial charge in [0.2, 0.25) is 0 Å². The van der Waals surface area contributed by atoms with Gasteiger partial charge in [0.25, 0.3) is 5.91 Å². The van der Waals surface area contributed by atoms with Crippen molar-refractivity contribution in [2.24, 2.45) is 22.7 Å². The zero-order chi connectivity index (χ0) is 28.6. The highest BCUT2D eigenvalue weighted by atomic mass is 35.5. The van der Waals surface area contributed by atoms with Gasteiger partial charge in [-0.05, 0) is 87.7 Å². The first-order valence-electron chi connectivity index (χ1n) is 14.7. The molecular weight excluding hydrogens is 549 g/mol. The SMILES string of the molecule is CC1(C(=O)O)CCC(n2ncc(C(=O)N(C[C@@H](O)c3c(Cl)cccc3Cl)C3C[C@@H]4[C@H](C3)C4(C)C)c2C2CC2)CC1. The molecule has 9 heteroatoms. The van der Waals surface area contributed by atoms with Gasteiger partial charge in [-0.25, -0.2) is 0 Å². The van der Waals surface area contributed by atoms with Crippen LogP contribution in [0.1, 0.15) is 112 Å². The summed E-state index contributed by atoms with van der Waals surface area (Å²) < 4.78 is 2.03. The summed E-state index contributed by atoms with van der Waals surface area (Å²) in [4.78, 5) is 28.1. The molecule has 1 unspecified atom stereocenters. The van der Waals surface area contributed by atoms with Crippen molar-refractivity contribution >= 4 is 35.1 Å². The lowest BCUT2D eigenvalue weighted by Crippen LogP contribution is -2.43. The Kier molecular flexibility index (Phi) is 7.03. The highest BCUT2D eigenvalue weighted by molar-refractivity contribution is 6.36. The quantitative estimate of drug-likeness (QED) is 0.351. The van der Waals surface area contributed by atoms with E-state index in [4.69, 9.17) is 28.3 Å². The fourth-order valence-electron chi connectivity index (χ4n) is 7.68. The number of rotatable bonds is 8. The van der Waals surface area contributed by atoms with Crippen LogP contribution in [-0.4, -0.2) is 49.4 Å². The molecule has 2 aromatic rings. The van der Waals surface area contributed by atoms with Crippen molar-refractivity contribution in [3.8, 4) is 0 Å². The molecule has 4 atom stereocenters. The second-order valence-corrected chi connectivity index (χ2v) is 14.3. The molecule has 4 aliphatic carbocycles. The van der Waals surface area contributed by atoms with E-state index in [0.29, 0.717) is 51.3 Å². The zero-order valence-corrected chi connectivity index (χ0v) is 25.0. The van der Waals surface area contributed by atoms with Crippen molar-refractivity contribution in [2.45, 2.75) is 96.2 Å². The molecule has 40 heavy (non-hydrogen) atoms. The molecule has 4 fully saturated rings. The highest BCUT2D eigenvalue weighted by Gasteiger charge is 2.63. The third kappa shape index (κ3) is 4.76. The van der Waals surface area contributed by atoms with E-state index in [-0.39, 0.29) is 30.5 Å². The van der Waals surface area contributed by atoms with Crippen LogP contribution >= 0.6 is 23.2 Å². The lowest BCUT2D eigenvalue weighted by Gasteiger charge is -2.35. The monoisotopic (exact) mass is 587 g/mol. The van der Waals surface area contributed by atoms with E-state index in [1.54, 1.807) is 24.4 Å². The predicted molar refractivity (Wildman–Crippen MR) is 154 cm³/mol. The fourth-order valence-corrected chi connectivity index (χ4v) is 8.33. The molecule has 6 rings (SSSR count). The Hall–Kier alpha value is -2.09. The molecule has 0 bridgehead atoms. The minimum atomic E-state index is -1.01.